The van der Waals surface area contributed by atoms with Crippen LogP contribution in [0.25, 0.3) is 11.1 Å². The summed E-state index contributed by atoms with van der Waals surface area (Å²) >= 11 is 0. The molecule has 0 saturated carbocycles. The number of benzene rings is 2. The molecule has 1 unspecified atom stereocenters. The zero-order valence-corrected chi connectivity index (χ0v) is 20.0. The van der Waals surface area contributed by atoms with E-state index in [1.807, 2.05) is 48.5 Å². The van der Waals surface area contributed by atoms with Crippen molar-refractivity contribution in [3.8, 4) is 11.1 Å². The van der Waals surface area contributed by atoms with Crippen molar-refractivity contribution in [2.45, 2.75) is 57.7 Å². The molecule has 2 amide bonds. The number of alkyl carbamates (subject to hydrolysis) is 1. The average molecular weight is 469 g/mol. The first-order valence-corrected chi connectivity index (χ1v) is 11.4. The van der Waals surface area contributed by atoms with Crippen LogP contribution in [0.1, 0.15) is 51.2 Å². The Morgan fingerprint density at radius 1 is 0.941 bits per heavy atom. The van der Waals surface area contributed by atoms with E-state index >= 15 is 0 Å². The summed E-state index contributed by atoms with van der Waals surface area (Å²) in [7, 11) is 0. The minimum absolute atomic E-state index is 0.0991. The largest absolute Gasteiger partial charge is 0.480 e. The molecule has 3 N–H and O–H groups in total. The summed E-state index contributed by atoms with van der Waals surface area (Å²) in [4.78, 5) is 36.7. The Hall–Kier alpha value is -3.39. The number of carboxylic acid groups (broad SMARTS) is 1. The molecule has 1 aliphatic rings. The van der Waals surface area contributed by atoms with E-state index in [2.05, 4.69) is 10.6 Å². The lowest BCUT2D eigenvalue weighted by molar-refractivity contribution is -0.145. The van der Waals surface area contributed by atoms with Crippen molar-refractivity contribution in [1.29, 1.82) is 0 Å². The van der Waals surface area contributed by atoms with Crippen LogP contribution in [0.15, 0.2) is 48.5 Å². The van der Waals surface area contributed by atoms with Gasteiger partial charge in [-0.2, -0.15) is 0 Å². The summed E-state index contributed by atoms with van der Waals surface area (Å²) in [6, 6.07) is 13.8. The van der Waals surface area contributed by atoms with Gasteiger partial charge in [0, 0.05) is 5.92 Å². The number of aliphatic carboxylic acids is 1. The molecule has 0 saturated heterocycles. The molecule has 1 aliphatic carbocycles. The van der Waals surface area contributed by atoms with E-state index < -0.39 is 35.7 Å². The van der Waals surface area contributed by atoms with Gasteiger partial charge < -0.3 is 25.2 Å². The van der Waals surface area contributed by atoms with Crippen LogP contribution in [-0.4, -0.2) is 54.0 Å². The third-order valence-electron chi connectivity index (χ3n) is 5.66. The van der Waals surface area contributed by atoms with Crippen molar-refractivity contribution < 1.29 is 29.0 Å². The minimum Gasteiger partial charge on any atom is -0.480 e. The predicted molar refractivity (Wildman–Crippen MR) is 128 cm³/mol. The van der Waals surface area contributed by atoms with Gasteiger partial charge in [-0.3, -0.25) is 4.79 Å². The van der Waals surface area contributed by atoms with E-state index in [9.17, 15) is 19.5 Å². The number of carbonyl (C=O) groups excluding carboxylic acids is 2. The fourth-order valence-corrected chi connectivity index (χ4v) is 3.92. The number of rotatable bonds is 9. The normalized spacial score (nSPS) is 14.5. The molecule has 0 radical (unpaired) electrons. The molecule has 8 heteroatoms. The van der Waals surface area contributed by atoms with Crippen LogP contribution in [0.4, 0.5) is 4.79 Å². The number of carbonyl (C=O) groups is 3. The summed E-state index contributed by atoms with van der Waals surface area (Å²) in [6.45, 7) is 7.03. The summed E-state index contributed by atoms with van der Waals surface area (Å²) in [6.07, 6.45) is -0.468. The topological polar surface area (TPSA) is 114 Å². The first-order chi connectivity index (χ1) is 16.1. The zero-order chi connectivity index (χ0) is 24.9. The van der Waals surface area contributed by atoms with E-state index in [1.54, 1.807) is 27.7 Å². The fraction of sp³-hybridized carbons (Fsp3) is 0.423. The summed E-state index contributed by atoms with van der Waals surface area (Å²) in [5.41, 5.74) is 3.86. The molecular weight excluding hydrogens is 436 g/mol. The van der Waals surface area contributed by atoms with E-state index in [0.29, 0.717) is 0 Å². The van der Waals surface area contributed by atoms with Crippen LogP contribution in [0.5, 0.6) is 0 Å². The summed E-state index contributed by atoms with van der Waals surface area (Å²) in [5, 5.41) is 14.4. The highest BCUT2D eigenvalue weighted by molar-refractivity contribution is 5.89. The Labute approximate surface area is 199 Å². The van der Waals surface area contributed by atoms with Crippen molar-refractivity contribution in [3.63, 3.8) is 0 Å². The van der Waals surface area contributed by atoms with Crippen LogP contribution < -0.4 is 10.6 Å². The highest BCUT2D eigenvalue weighted by Crippen LogP contribution is 2.44. The molecule has 2 atom stereocenters. The quantitative estimate of drug-likeness (QED) is 0.517. The van der Waals surface area contributed by atoms with Crippen LogP contribution >= 0.6 is 0 Å². The third-order valence-corrected chi connectivity index (χ3v) is 5.66. The molecule has 2 aromatic rings. The zero-order valence-electron chi connectivity index (χ0n) is 20.0. The van der Waals surface area contributed by atoms with Crippen LogP contribution in [0.3, 0.4) is 0 Å². The van der Waals surface area contributed by atoms with Crippen molar-refractivity contribution in [3.05, 3.63) is 59.7 Å². The molecule has 0 bridgehead atoms. The fourth-order valence-electron chi connectivity index (χ4n) is 3.92. The number of hydrogen-bond donors (Lipinski definition) is 3. The van der Waals surface area contributed by atoms with E-state index in [0.717, 1.165) is 22.3 Å². The summed E-state index contributed by atoms with van der Waals surface area (Å²) in [5.74, 6) is -1.92. The van der Waals surface area contributed by atoms with Gasteiger partial charge in [0.25, 0.3) is 0 Å². The molecule has 0 heterocycles. The Bertz CT molecular complexity index is 1000. The van der Waals surface area contributed by atoms with Gasteiger partial charge in [-0.1, -0.05) is 55.5 Å². The second-order valence-electron chi connectivity index (χ2n) is 9.25. The van der Waals surface area contributed by atoms with Gasteiger partial charge >= 0.3 is 12.1 Å². The minimum atomic E-state index is -1.23. The van der Waals surface area contributed by atoms with Crippen molar-refractivity contribution in [2.75, 3.05) is 13.2 Å². The lowest BCUT2D eigenvalue weighted by Crippen LogP contribution is -2.53. The monoisotopic (exact) mass is 468 g/mol. The maximum Gasteiger partial charge on any atom is 0.407 e. The van der Waals surface area contributed by atoms with Gasteiger partial charge in [-0.15, -0.1) is 0 Å². The van der Waals surface area contributed by atoms with Gasteiger partial charge in [-0.05, 0) is 49.4 Å². The highest BCUT2D eigenvalue weighted by Gasteiger charge is 2.30. The predicted octanol–water partition coefficient (Wildman–Crippen LogP) is 3.69. The van der Waals surface area contributed by atoms with Gasteiger partial charge in [0.2, 0.25) is 5.91 Å². The van der Waals surface area contributed by atoms with Crippen LogP contribution in [0, 0.1) is 0 Å². The van der Waals surface area contributed by atoms with Crippen LogP contribution in [0.2, 0.25) is 0 Å². The lowest BCUT2D eigenvalue weighted by Gasteiger charge is -2.24. The first-order valence-electron chi connectivity index (χ1n) is 11.4. The maximum atomic E-state index is 12.6. The lowest BCUT2D eigenvalue weighted by atomic mass is 9.98. The standard InChI is InChI=1S/C26H32N2O6/c1-5-21(23(29)27-22(24(30)31)15-34-26(2,3)4)28-25(32)33-14-20-18-12-8-6-10-16(18)17-11-7-9-13-19(17)20/h6-13,20-22H,5,14-15H2,1-4H3,(H,27,29)(H,28,32)(H,30,31)/t21?,22-/m0/s1. The second kappa shape index (κ2) is 10.7. The first kappa shape index (κ1) is 25.2. The number of ether oxygens (including phenoxy) is 2. The number of amides is 2. The molecule has 0 fully saturated rings. The van der Waals surface area contributed by atoms with E-state index in [1.165, 1.54) is 0 Å². The molecule has 2 aromatic carbocycles. The van der Waals surface area contributed by atoms with Gasteiger partial charge in [-0.25, -0.2) is 9.59 Å². The van der Waals surface area contributed by atoms with E-state index in [4.69, 9.17) is 9.47 Å². The van der Waals surface area contributed by atoms with Crippen LogP contribution in [-0.2, 0) is 19.1 Å². The molecule has 0 spiro atoms. The smallest absolute Gasteiger partial charge is 0.407 e. The Morgan fingerprint density at radius 3 is 2.00 bits per heavy atom. The molecule has 3 rings (SSSR count). The average Bonchev–Trinajstić information content (AvgIpc) is 3.11. The Kier molecular flexibility index (Phi) is 7.94. The number of fused-ring (bicyclic) bond motifs is 3. The Morgan fingerprint density at radius 2 is 1.50 bits per heavy atom. The molecule has 0 aromatic heterocycles. The van der Waals surface area contributed by atoms with E-state index in [-0.39, 0.29) is 25.6 Å². The second-order valence-corrected chi connectivity index (χ2v) is 9.25. The number of carboxylic acids is 1. The summed E-state index contributed by atoms with van der Waals surface area (Å²) < 4.78 is 11.0. The Balaban J connectivity index is 1.59. The van der Waals surface area contributed by atoms with Gasteiger partial charge in [0.1, 0.15) is 12.6 Å². The molecule has 182 valence electrons. The highest BCUT2D eigenvalue weighted by atomic mass is 16.5. The number of hydrogen-bond acceptors (Lipinski definition) is 5. The molecular formula is C26H32N2O6. The van der Waals surface area contributed by atoms with Gasteiger partial charge in [0.05, 0.1) is 12.2 Å². The van der Waals surface area contributed by atoms with Crippen molar-refractivity contribution in [1.82, 2.24) is 10.6 Å². The third kappa shape index (κ3) is 6.14. The number of nitrogens with one attached hydrogen (secondary N) is 2. The maximum absolute atomic E-state index is 12.6. The molecule has 8 nitrogen and oxygen atoms in total. The van der Waals surface area contributed by atoms with Crippen molar-refractivity contribution in [2.24, 2.45) is 0 Å². The molecule has 0 aliphatic heterocycles. The SMILES string of the molecule is CCC(NC(=O)OCC1c2ccccc2-c2ccccc21)C(=O)N[C@@H](COC(C)(C)C)C(=O)O. The van der Waals surface area contributed by atoms with Gasteiger partial charge in [0.15, 0.2) is 6.04 Å². The van der Waals surface area contributed by atoms with Crippen molar-refractivity contribution >= 4 is 18.0 Å². The molecule has 34 heavy (non-hydrogen) atoms.